The van der Waals surface area contributed by atoms with Crippen molar-refractivity contribution in [2.75, 3.05) is 19.0 Å². The average molecular weight is 399 g/mol. The molecular formula is C22H25NO6. The van der Waals surface area contributed by atoms with Crippen LogP contribution in [0.4, 0.5) is 5.69 Å². The molecule has 0 saturated carbocycles. The third kappa shape index (κ3) is 5.89. The molecule has 1 atom stereocenters. The van der Waals surface area contributed by atoms with Gasteiger partial charge in [0, 0.05) is 17.7 Å². The molecule has 0 fully saturated rings. The van der Waals surface area contributed by atoms with Gasteiger partial charge in [-0.25, -0.2) is 4.79 Å². The molecule has 0 radical (unpaired) electrons. The van der Waals surface area contributed by atoms with Gasteiger partial charge in [0.15, 0.2) is 11.9 Å². The summed E-state index contributed by atoms with van der Waals surface area (Å²) in [6.45, 7) is 5.57. The zero-order valence-electron chi connectivity index (χ0n) is 17.0. The number of benzene rings is 2. The van der Waals surface area contributed by atoms with E-state index >= 15 is 0 Å². The summed E-state index contributed by atoms with van der Waals surface area (Å²) in [5.74, 6) is -0.754. The van der Waals surface area contributed by atoms with Crippen LogP contribution in [0.3, 0.4) is 0 Å². The number of esters is 1. The molecule has 1 amide bonds. The minimum atomic E-state index is -1.06. The van der Waals surface area contributed by atoms with Gasteiger partial charge >= 0.3 is 5.97 Å². The number of methoxy groups -OCH3 is 1. The number of carbonyl (C=O) groups excluding carboxylic acids is 3. The lowest BCUT2D eigenvalue weighted by Crippen LogP contribution is -2.30. The maximum atomic E-state index is 12.5. The smallest absolute Gasteiger partial charge is 0.338 e. The number of carbonyl (C=O) groups is 3. The van der Waals surface area contributed by atoms with Crippen molar-refractivity contribution in [2.45, 2.75) is 33.5 Å². The summed E-state index contributed by atoms with van der Waals surface area (Å²) in [5.41, 5.74) is 1.74. The molecule has 0 aliphatic rings. The van der Waals surface area contributed by atoms with Crippen LogP contribution in [0.15, 0.2) is 42.5 Å². The summed E-state index contributed by atoms with van der Waals surface area (Å²) in [4.78, 5) is 36.6. The number of hydrogen-bond donors (Lipinski definition) is 1. The third-order valence-corrected chi connectivity index (χ3v) is 4.20. The Bertz CT molecular complexity index is 893. The molecular weight excluding hydrogens is 374 g/mol. The predicted octanol–water partition coefficient (Wildman–Crippen LogP) is 3.62. The molecule has 0 aliphatic carbocycles. The number of hydrogen-bond acceptors (Lipinski definition) is 6. The predicted molar refractivity (Wildman–Crippen MR) is 108 cm³/mol. The average Bonchev–Trinajstić information content (AvgIpc) is 2.72. The highest BCUT2D eigenvalue weighted by molar-refractivity contribution is 6.05. The van der Waals surface area contributed by atoms with E-state index in [9.17, 15) is 14.4 Å². The second-order valence-corrected chi connectivity index (χ2v) is 6.30. The van der Waals surface area contributed by atoms with Crippen molar-refractivity contribution in [3.05, 3.63) is 59.2 Å². The van der Waals surface area contributed by atoms with Crippen LogP contribution in [-0.2, 0) is 20.9 Å². The second-order valence-electron chi connectivity index (χ2n) is 6.30. The first kappa shape index (κ1) is 22.1. The zero-order valence-corrected chi connectivity index (χ0v) is 17.0. The van der Waals surface area contributed by atoms with Gasteiger partial charge in [0.2, 0.25) is 0 Å². The number of amides is 1. The Morgan fingerprint density at radius 2 is 1.83 bits per heavy atom. The van der Waals surface area contributed by atoms with Crippen LogP contribution in [0.5, 0.6) is 5.75 Å². The molecule has 0 unspecified atom stereocenters. The van der Waals surface area contributed by atoms with Crippen LogP contribution in [-0.4, -0.2) is 37.5 Å². The number of anilines is 1. The molecule has 2 aromatic rings. The maximum absolute atomic E-state index is 12.5. The largest absolute Gasteiger partial charge is 0.496 e. The van der Waals surface area contributed by atoms with Crippen molar-refractivity contribution < 1.29 is 28.6 Å². The minimum absolute atomic E-state index is 0.175. The Hall–Kier alpha value is -3.19. The van der Waals surface area contributed by atoms with E-state index < -0.39 is 18.0 Å². The molecule has 0 aliphatic heterocycles. The third-order valence-electron chi connectivity index (χ3n) is 4.20. The number of nitrogens with one attached hydrogen (secondary N) is 1. The van der Waals surface area contributed by atoms with Crippen LogP contribution in [0.25, 0.3) is 0 Å². The van der Waals surface area contributed by atoms with Crippen molar-refractivity contribution in [3.8, 4) is 5.75 Å². The molecule has 29 heavy (non-hydrogen) atoms. The normalized spacial score (nSPS) is 11.4. The molecule has 1 N–H and O–H groups in total. The number of ether oxygens (including phenoxy) is 3. The van der Waals surface area contributed by atoms with Gasteiger partial charge in [-0.1, -0.05) is 12.1 Å². The fraction of sp³-hybridized carbons (Fsp3) is 0.318. The van der Waals surface area contributed by atoms with E-state index in [0.29, 0.717) is 35.8 Å². The fourth-order valence-corrected chi connectivity index (χ4v) is 2.65. The topological polar surface area (TPSA) is 90.9 Å². The molecule has 0 aromatic heterocycles. The van der Waals surface area contributed by atoms with Gasteiger partial charge in [-0.15, -0.1) is 0 Å². The maximum Gasteiger partial charge on any atom is 0.338 e. The first-order chi connectivity index (χ1) is 13.9. The zero-order chi connectivity index (χ0) is 21.4. The summed E-state index contributed by atoms with van der Waals surface area (Å²) in [7, 11) is 1.54. The molecule has 2 rings (SSSR count). The van der Waals surface area contributed by atoms with Gasteiger partial charge in [0.1, 0.15) is 5.75 Å². The summed E-state index contributed by atoms with van der Waals surface area (Å²) in [6.07, 6.45) is -1.06. The van der Waals surface area contributed by atoms with E-state index in [1.54, 1.807) is 42.5 Å². The van der Waals surface area contributed by atoms with Crippen molar-refractivity contribution in [1.29, 1.82) is 0 Å². The van der Waals surface area contributed by atoms with E-state index in [-0.39, 0.29) is 11.3 Å². The molecule has 0 spiro atoms. The van der Waals surface area contributed by atoms with E-state index in [0.717, 1.165) is 0 Å². The molecule has 7 nitrogen and oxygen atoms in total. The van der Waals surface area contributed by atoms with Crippen LogP contribution >= 0.6 is 0 Å². The highest BCUT2D eigenvalue weighted by Crippen LogP contribution is 2.22. The molecule has 0 bridgehead atoms. The van der Waals surface area contributed by atoms with Gasteiger partial charge in [0.05, 0.1) is 25.0 Å². The van der Waals surface area contributed by atoms with Gasteiger partial charge in [-0.3, -0.25) is 9.59 Å². The van der Waals surface area contributed by atoms with Gasteiger partial charge < -0.3 is 19.5 Å². The van der Waals surface area contributed by atoms with E-state index in [1.165, 1.54) is 21.0 Å². The van der Waals surface area contributed by atoms with Crippen molar-refractivity contribution in [1.82, 2.24) is 0 Å². The Balaban J connectivity index is 2.08. The molecule has 0 saturated heterocycles. The Kier molecular flexibility index (Phi) is 7.91. The highest BCUT2D eigenvalue weighted by Gasteiger charge is 2.21. The van der Waals surface area contributed by atoms with E-state index in [4.69, 9.17) is 14.2 Å². The standard InChI is InChI=1S/C22H25NO6/c1-5-28-13-17-12-16(10-11-20(17)27-4)22(26)29-15(3)21(25)23-19-9-7-6-8-18(19)14(2)24/h6-12,15H,5,13H2,1-4H3,(H,23,25)/t15-/m1/s1. The van der Waals surface area contributed by atoms with Crippen molar-refractivity contribution >= 4 is 23.3 Å². The van der Waals surface area contributed by atoms with Crippen molar-refractivity contribution in [3.63, 3.8) is 0 Å². The van der Waals surface area contributed by atoms with E-state index in [1.807, 2.05) is 6.92 Å². The summed E-state index contributed by atoms with van der Waals surface area (Å²) < 4.78 is 15.9. The number of ketones is 1. The summed E-state index contributed by atoms with van der Waals surface area (Å²) in [6, 6.07) is 11.5. The number of Topliss-reactive ketones (excluding diaryl/α,β-unsaturated/α-hetero) is 1. The van der Waals surface area contributed by atoms with Crippen LogP contribution in [0, 0.1) is 0 Å². The minimum Gasteiger partial charge on any atom is -0.496 e. The van der Waals surface area contributed by atoms with Crippen molar-refractivity contribution in [2.24, 2.45) is 0 Å². The second kappa shape index (κ2) is 10.4. The molecule has 154 valence electrons. The molecule has 2 aromatic carbocycles. The molecule has 7 heteroatoms. The summed E-state index contributed by atoms with van der Waals surface area (Å²) >= 11 is 0. The number of para-hydroxylation sites is 1. The van der Waals surface area contributed by atoms with Crippen LogP contribution in [0.1, 0.15) is 47.1 Å². The highest BCUT2D eigenvalue weighted by atomic mass is 16.5. The van der Waals surface area contributed by atoms with Crippen LogP contribution in [0.2, 0.25) is 0 Å². The fourth-order valence-electron chi connectivity index (χ4n) is 2.65. The summed E-state index contributed by atoms with van der Waals surface area (Å²) in [5, 5.41) is 2.63. The number of rotatable bonds is 9. The first-order valence-corrected chi connectivity index (χ1v) is 9.23. The van der Waals surface area contributed by atoms with Gasteiger partial charge in [0.25, 0.3) is 5.91 Å². The monoisotopic (exact) mass is 399 g/mol. The SMILES string of the molecule is CCOCc1cc(C(=O)O[C@H](C)C(=O)Nc2ccccc2C(C)=O)ccc1OC. The Labute approximate surface area is 170 Å². The lowest BCUT2D eigenvalue weighted by molar-refractivity contribution is -0.123. The van der Waals surface area contributed by atoms with Crippen LogP contribution < -0.4 is 10.1 Å². The quantitative estimate of drug-likeness (QED) is 0.512. The van der Waals surface area contributed by atoms with Gasteiger partial charge in [-0.05, 0) is 51.1 Å². The Morgan fingerprint density at radius 1 is 1.10 bits per heavy atom. The Morgan fingerprint density at radius 3 is 2.48 bits per heavy atom. The first-order valence-electron chi connectivity index (χ1n) is 9.23. The lowest BCUT2D eigenvalue weighted by Gasteiger charge is -2.16. The van der Waals surface area contributed by atoms with Gasteiger partial charge in [-0.2, -0.15) is 0 Å². The van der Waals surface area contributed by atoms with E-state index in [2.05, 4.69) is 5.32 Å². The molecule has 0 heterocycles. The lowest BCUT2D eigenvalue weighted by atomic mass is 10.1.